The predicted molar refractivity (Wildman–Crippen MR) is 71.9 cm³/mol. The van der Waals surface area contributed by atoms with Crippen molar-refractivity contribution in [2.24, 2.45) is 0 Å². The highest BCUT2D eigenvalue weighted by molar-refractivity contribution is 7.12. The summed E-state index contributed by atoms with van der Waals surface area (Å²) < 4.78 is 0. The van der Waals surface area contributed by atoms with Crippen molar-refractivity contribution in [1.82, 2.24) is 9.80 Å². The number of rotatable bonds is 2. The van der Waals surface area contributed by atoms with E-state index in [2.05, 4.69) is 11.0 Å². The zero-order valence-electron chi connectivity index (χ0n) is 10.1. The van der Waals surface area contributed by atoms with Crippen LogP contribution in [0.25, 0.3) is 0 Å². The van der Waals surface area contributed by atoms with E-state index in [1.807, 2.05) is 12.3 Å². The summed E-state index contributed by atoms with van der Waals surface area (Å²) in [7, 11) is 0. The third-order valence-electron chi connectivity index (χ3n) is 3.15. The van der Waals surface area contributed by atoms with E-state index in [4.69, 9.17) is 16.9 Å². The van der Waals surface area contributed by atoms with Gasteiger partial charge in [-0.3, -0.25) is 9.69 Å². The summed E-state index contributed by atoms with van der Waals surface area (Å²) >= 11 is 7.34. The van der Waals surface area contributed by atoms with Crippen LogP contribution in [-0.4, -0.2) is 47.9 Å². The van der Waals surface area contributed by atoms with E-state index in [0.717, 1.165) is 13.1 Å². The molecule has 1 fully saturated rings. The third-order valence-corrected chi connectivity index (χ3v) is 4.48. The van der Waals surface area contributed by atoms with Crippen molar-refractivity contribution < 1.29 is 4.79 Å². The number of nitrogens with zero attached hydrogens (tertiary/aromatic N) is 3. The van der Waals surface area contributed by atoms with E-state index in [0.29, 0.717) is 23.0 Å². The fourth-order valence-electron chi connectivity index (χ4n) is 1.98. The summed E-state index contributed by atoms with van der Waals surface area (Å²) in [6, 6.07) is 3.87. The number of halogens is 1. The zero-order valence-corrected chi connectivity index (χ0v) is 11.7. The second kappa shape index (κ2) is 5.70. The van der Waals surface area contributed by atoms with Gasteiger partial charge in [-0.2, -0.15) is 5.26 Å². The molecule has 96 valence electrons. The highest BCUT2D eigenvalue weighted by Crippen LogP contribution is 2.24. The topological polar surface area (TPSA) is 47.3 Å². The second-order valence-electron chi connectivity index (χ2n) is 4.23. The minimum atomic E-state index is -0.0902. The molecule has 0 N–H and O–H groups in total. The van der Waals surface area contributed by atoms with Crippen LogP contribution < -0.4 is 0 Å². The van der Waals surface area contributed by atoms with Crippen molar-refractivity contribution in [2.45, 2.75) is 13.0 Å². The molecule has 2 heterocycles. The number of amides is 1. The van der Waals surface area contributed by atoms with Crippen molar-refractivity contribution in [3.8, 4) is 6.07 Å². The van der Waals surface area contributed by atoms with Gasteiger partial charge in [-0.15, -0.1) is 11.3 Å². The minimum absolute atomic E-state index is 0.000685. The molecule has 1 saturated heterocycles. The zero-order chi connectivity index (χ0) is 13.1. The van der Waals surface area contributed by atoms with Crippen LogP contribution in [0.2, 0.25) is 5.02 Å². The van der Waals surface area contributed by atoms with Crippen LogP contribution in [0.3, 0.4) is 0 Å². The van der Waals surface area contributed by atoms with E-state index in [9.17, 15) is 4.79 Å². The Labute approximate surface area is 115 Å². The van der Waals surface area contributed by atoms with Crippen molar-refractivity contribution in [1.29, 1.82) is 5.26 Å². The molecule has 1 aliphatic rings. The monoisotopic (exact) mass is 283 g/mol. The van der Waals surface area contributed by atoms with Gasteiger partial charge >= 0.3 is 0 Å². The van der Waals surface area contributed by atoms with E-state index in [1.165, 1.54) is 11.3 Å². The standard InChI is InChI=1S/C12H14ClN3OS/c1-9(8-14)15-3-5-16(6-4-15)12(17)11-10(13)2-7-18-11/h2,7,9H,3-6H2,1H3. The average molecular weight is 284 g/mol. The Hall–Kier alpha value is -1.09. The van der Waals surface area contributed by atoms with Crippen LogP contribution in [-0.2, 0) is 0 Å². The highest BCUT2D eigenvalue weighted by atomic mass is 35.5. The molecule has 1 unspecified atom stereocenters. The molecule has 1 amide bonds. The van der Waals surface area contributed by atoms with E-state index < -0.39 is 0 Å². The Morgan fingerprint density at radius 1 is 1.50 bits per heavy atom. The van der Waals surface area contributed by atoms with Crippen LogP contribution in [0.15, 0.2) is 11.4 Å². The van der Waals surface area contributed by atoms with E-state index >= 15 is 0 Å². The molecule has 2 rings (SSSR count). The lowest BCUT2D eigenvalue weighted by Crippen LogP contribution is -2.50. The van der Waals surface area contributed by atoms with Crippen LogP contribution in [0.5, 0.6) is 0 Å². The Kier molecular flexibility index (Phi) is 4.23. The molecule has 0 aliphatic carbocycles. The van der Waals surface area contributed by atoms with E-state index in [-0.39, 0.29) is 11.9 Å². The summed E-state index contributed by atoms with van der Waals surface area (Å²) in [6.07, 6.45) is 0. The maximum absolute atomic E-state index is 12.2. The van der Waals surface area contributed by atoms with Crippen LogP contribution >= 0.6 is 22.9 Å². The van der Waals surface area contributed by atoms with Crippen LogP contribution in [0.4, 0.5) is 0 Å². The first-order valence-corrected chi connectivity index (χ1v) is 7.05. The van der Waals surface area contributed by atoms with Gasteiger partial charge in [-0.05, 0) is 18.4 Å². The second-order valence-corrected chi connectivity index (χ2v) is 5.55. The van der Waals surface area contributed by atoms with Crippen LogP contribution in [0.1, 0.15) is 16.6 Å². The predicted octanol–water partition coefficient (Wildman–Crippen LogP) is 2.07. The molecular formula is C12H14ClN3OS. The van der Waals surface area contributed by atoms with Gasteiger partial charge in [0.15, 0.2) is 0 Å². The van der Waals surface area contributed by atoms with Gasteiger partial charge in [-0.1, -0.05) is 11.6 Å². The number of hydrogen-bond donors (Lipinski definition) is 0. The first kappa shape index (κ1) is 13.3. The lowest BCUT2D eigenvalue weighted by atomic mass is 10.2. The first-order chi connectivity index (χ1) is 8.63. The van der Waals surface area contributed by atoms with Gasteiger partial charge in [0.05, 0.1) is 17.1 Å². The molecule has 0 aromatic carbocycles. The summed E-state index contributed by atoms with van der Waals surface area (Å²) in [5.41, 5.74) is 0. The molecule has 0 spiro atoms. The van der Waals surface area contributed by atoms with Gasteiger partial charge in [0.1, 0.15) is 4.88 Å². The third kappa shape index (κ3) is 2.66. The van der Waals surface area contributed by atoms with E-state index in [1.54, 1.807) is 11.0 Å². The number of carbonyl (C=O) groups excluding carboxylic acids is 1. The van der Waals surface area contributed by atoms with Gasteiger partial charge in [0.2, 0.25) is 0 Å². The molecule has 0 saturated carbocycles. The molecule has 1 aromatic rings. The van der Waals surface area contributed by atoms with Crippen LogP contribution in [0, 0.1) is 11.3 Å². The van der Waals surface area contributed by atoms with Gasteiger partial charge < -0.3 is 4.90 Å². The Morgan fingerprint density at radius 2 is 2.17 bits per heavy atom. The molecule has 1 aromatic heterocycles. The number of hydrogen-bond acceptors (Lipinski definition) is 4. The fraction of sp³-hybridized carbons (Fsp3) is 0.500. The van der Waals surface area contributed by atoms with Crippen molar-refractivity contribution in [2.75, 3.05) is 26.2 Å². The SMILES string of the molecule is CC(C#N)N1CCN(C(=O)c2sccc2Cl)CC1. The summed E-state index contributed by atoms with van der Waals surface area (Å²) in [5.74, 6) is -0.000685. The number of carbonyl (C=O) groups is 1. The Morgan fingerprint density at radius 3 is 2.67 bits per heavy atom. The van der Waals surface area contributed by atoms with Crippen molar-refractivity contribution in [3.63, 3.8) is 0 Å². The molecule has 4 nitrogen and oxygen atoms in total. The van der Waals surface area contributed by atoms with Crippen molar-refractivity contribution >= 4 is 28.8 Å². The first-order valence-electron chi connectivity index (χ1n) is 5.79. The molecular weight excluding hydrogens is 270 g/mol. The van der Waals surface area contributed by atoms with Gasteiger partial charge in [-0.25, -0.2) is 0 Å². The lowest BCUT2D eigenvalue weighted by molar-refractivity contribution is 0.0620. The van der Waals surface area contributed by atoms with Gasteiger partial charge in [0, 0.05) is 26.2 Å². The Balaban J connectivity index is 1.97. The summed E-state index contributed by atoms with van der Waals surface area (Å²) in [4.78, 5) is 16.7. The highest BCUT2D eigenvalue weighted by Gasteiger charge is 2.26. The molecule has 6 heteroatoms. The molecule has 0 radical (unpaired) electrons. The smallest absolute Gasteiger partial charge is 0.265 e. The normalized spacial score (nSPS) is 18.4. The molecule has 1 aliphatic heterocycles. The minimum Gasteiger partial charge on any atom is -0.335 e. The maximum atomic E-state index is 12.2. The molecule has 0 bridgehead atoms. The number of thiophene rings is 1. The maximum Gasteiger partial charge on any atom is 0.265 e. The quantitative estimate of drug-likeness (QED) is 0.835. The fourth-order valence-corrected chi connectivity index (χ4v) is 3.09. The summed E-state index contributed by atoms with van der Waals surface area (Å²) in [5, 5.41) is 11.2. The Bertz CT molecular complexity index is 474. The number of nitriles is 1. The number of piperazine rings is 1. The molecule has 18 heavy (non-hydrogen) atoms. The summed E-state index contributed by atoms with van der Waals surface area (Å²) in [6.45, 7) is 4.67. The van der Waals surface area contributed by atoms with Crippen molar-refractivity contribution in [3.05, 3.63) is 21.3 Å². The lowest BCUT2D eigenvalue weighted by Gasteiger charge is -2.35. The largest absolute Gasteiger partial charge is 0.335 e. The molecule has 1 atom stereocenters. The average Bonchev–Trinajstić information content (AvgIpc) is 2.83. The van der Waals surface area contributed by atoms with Gasteiger partial charge in [0.25, 0.3) is 5.91 Å².